The first-order valence-electron chi connectivity index (χ1n) is 7.22. The Labute approximate surface area is 121 Å². The number of amidine groups is 1. The monoisotopic (exact) mass is 301 g/mol. The van der Waals surface area contributed by atoms with E-state index in [4.69, 9.17) is 15.7 Å². The lowest BCUT2D eigenvalue weighted by atomic mass is 9.85. The maximum Gasteiger partial charge on any atom is 0.407 e. The Morgan fingerprint density at radius 2 is 1.95 bits per heavy atom. The SMILES string of the molecule is C[Si](C)(C)CCOC(=O)NC1CCC(/C(N)=N\O)CC1. The lowest BCUT2D eigenvalue weighted by Crippen LogP contribution is -2.40. The first-order valence-corrected chi connectivity index (χ1v) is 10.9. The van der Waals surface area contributed by atoms with Crippen molar-refractivity contribution in [3.05, 3.63) is 0 Å². The molecule has 0 unspecified atom stereocenters. The third kappa shape index (κ3) is 6.27. The van der Waals surface area contributed by atoms with Crippen molar-refractivity contribution in [2.24, 2.45) is 16.8 Å². The van der Waals surface area contributed by atoms with Gasteiger partial charge in [0.2, 0.25) is 0 Å². The van der Waals surface area contributed by atoms with Crippen molar-refractivity contribution in [1.29, 1.82) is 0 Å². The zero-order valence-corrected chi connectivity index (χ0v) is 13.7. The number of carbonyl (C=O) groups excluding carboxylic acids is 1. The Morgan fingerprint density at radius 1 is 1.35 bits per heavy atom. The molecule has 1 rings (SSSR count). The smallest absolute Gasteiger partial charge is 0.407 e. The van der Waals surface area contributed by atoms with E-state index < -0.39 is 8.07 Å². The van der Waals surface area contributed by atoms with Crippen molar-refractivity contribution in [3.8, 4) is 0 Å². The summed E-state index contributed by atoms with van der Waals surface area (Å²) in [4.78, 5) is 11.7. The maximum absolute atomic E-state index is 11.7. The maximum atomic E-state index is 11.7. The average Bonchev–Trinajstić information content (AvgIpc) is 2.37. The van der Waals surface area contributed by atoms with Gasteiger partial charge in [0.15, 0.2) is 0 Å². The van der Waals surface area contributed by atoms with Gasteiger partial charge in [0.1, 0.15) is 5.84 Å². The molecule has 1 aliphatic rings. The highest BCUT2D eigenvalue weighted by Crippen LogP contribution is 2.24. The van der Waals surface area contributed by atoms with Crippen LogP contribution in [0.2, 0.25) is 25.7 Å². The molecular weight excluding hydrogens is 274 g/mol. The summed E-state index contributed by atoms with van der Waals surface area (Å²) in [6.07, 6.45) is 3.01. The number of rotatable bonds is 5. The van der Waals surface area contributed by atoms with Crippen LogP contribution in [0.1, 0.15) is 25.7 Å². The van der Waals surface area contributed by atoms with Crippen molar-refractivity contribution in [2.45, 2.75) is 57.4 Å². The zero-order chi connectivity index (χ0) is 15.2. The molecule has 0 heterocycles. The molecule has 0 atom stereocenters. The normalized spacial score (nSPS) is 24.2. The first kappa shape index (κ1) is 16.8. The Morgan fingerprint density at radius 3 is 2.45 bits per heavy atom. The van der Waals surface area contributed by atoms with E-state index in [0.717, 1.165) is 31.7 Å². The largest absolute Gasteiger partial charge is 0.450 e. The van der Waals surface area contributed by atoms with Gasteiger partial charge in [0, 0.05) is 20.0 Å². The van der Waals surface area contributed by atoms with Gasteiger partial charge in [-0.05, 0) is 31.7 Å². The lowest BCUT2D eigenvalue weighted by molar-refractivity contribution is 0.144. The minimum absolute atomic E-state index is 0.126. The second-order valence-corrected chi connectivity index (χ2v) is 12.3. The van der Waals surface area contributed by atoms with E-state index in [1.807, 2.05) is 0 Å². The molecule has 20 heavy (non-hydrogen) atoms. The third-order valence-electron chi connectivity index (χ3n) is 3.67. The lowest BCUT2D eigenvalue weighted by Gasteiger charge is -2.28. The fourth-order valence-electron chi connectivity index (χ4n) is 2.27. The zero-order valence-electron chi connectivity index (χ0n) is 12.7. The van der Waals surface area contributed by atoms with Crippen LogP contribution in [0.4, 0.5) is 4.79 Å². The third-order valence-corrected chi connectivity index (χ3v) is 5.37. The molecule has 4 N–H and O–H groups in total. The molecule has 116 valence electrons. The van der Waals surface area contributed by atoms with Crippen LogP contribution in [0.15, 0.2) is 5.16 Å². The molecule has 6 nitrogen and oxygen atoms in total. The number of nitrogens with one attached hydrogen (secondary N) is 1. The number of oxime groups is 1. The predicted octanol–water partition coefficient (Wildman–Crippen LogP) is 2.36. The van der Waals surface area contributed by atoms with Crippen LogP contribution in [0.25, 0.3) is 0 Å². The summed E-state index contributed by atoms with van der Waals surface area (Å²) in [5.74, 6) is 0.419. The second-order valence-electron chi connectivity index (χ2n) is 6.66. The number of hydrogen-bond acceptors (Lipinski definition) is 4. The molecule has 1 saturated carbocycles. The van der Waals surface area contributed by atoms with Crippen molar-refractivity contribution >= 4 is 20.0 Å². The van der Waals surface area contributed by atoms with Crippen molar-refractivity contribution in [3.63, 3.8) is 0 Å². The summed E-state index contributed by atoms with van der Waals surface area (Å²) in [7, 11) is -1.16. The van der Waals surface area contributed by atoms with Crippen molar-refractivity contribution in [1.82, 2.24) is 5.32 Å². The number of nitrogens with two attached hydrogens (primary N) is 1. The van der Waals surface area contributed by atoms with Gasteiger partial charge < -0.3 is 21.0 Å². The number of hydrogen-bond donors (Lipinski definition) is 3. The molecule has 1 amide bonds. The molecule has 0 spiro atoms. The quantitative estimate of drug-likeness (QED) is 0.239. The van der Waals surface area contributed by atoms with Crippen LogP contribution in [0, 0.1) is 5.92 Å². The van der Waals surface area contributed by atoms with Gasteiger partial charge in [0.05, 0.1) is 6.61 Å². The van der Waals surface area contributed by atoms with Gasteiger partial charge in [-0.25, -0.2) is 4.79 Å². The van der Waals surface area contributed by atoms with E-state index in [-0.39, 0.29) is 18.1 Å². The van der Waals surface area contributed by atoms with Gasteiger partial charge in [-0.15, -0.1) is 0 Å². The number of ether oxygens (including phenoxy) is 1. The van der Waals surface area contributed by atoms with E-state index >= 15 is 0 Å². The summed E-state index contributed by atoms with van der Waals surface area (Å²) in [6.45, 7) is 7.26. The molecule has 0 aliphatic heterocycles. The Hall–Kier alpha value is -1.24. The van der Waals surface area contributed by atoms with Gasteiger partial charge in [-0.3, -0.25) is 0 Å². The topological polar surface area (TPSA) is 96.9 Å². The van der Waals surface area contributed by atoms with Gasteiger partial charge >= 0.3 is 6.09 Å². The van der Waals surface area contributed by atoms with Crippen LogP contribution in [-0.4, -0.2) is 37.9 Å². The molecule has 0 aromatic carbocycles. The van der Waals surface area contributed by atoms with E-state index in [0.29, 0.717) is 12.4 Å². The van der Waals surface area contributed by atoms with E-state index in [2.05, 4.69) is 30.1 Å². The van der Waals surface area contributed by atoms with E-state index in [9.17, 15) is 4.79 Å². The van der Waals surface area contributed by atoms with E-state index in [1.54, 1.807) is 0 Å². The van der Waals surface area contributed by atoms with Crippen LogP contribution >= 0.6 is 0 Å². The summed E-state index contributed by atoms with van der Waals surface area (Å²) in [5.41, 5.74) is 5.59. The Bertz CT molecular complexity index is 347. The van der Waals surface area contributed by atoms with E-state index in [1.165, 1.54) is 0 Å². The Balaban J connectivity index is 2.21. The molecule has 1 fully saturated rings. The van der Waals surface area contributed by atoms with Gasteiger partial charge in [-0.1, -0.05) is 24.8 Å². The van der Waals surface area contributed by atoms with Crippen molar-refractivity contribution < 1.29 is 14.7 Å². The Kier molecular flexibility index (Phi) is 6.32. The molecule has 1 aliphatic carbocycles. The van der Waals surface area contributed by atoms with Crippen LogP contribution in [0.3, 0.4) is 0 Å². The molecule has 0 radical (unpaired) electrons. The fraction of sp³-hybridized carbons (Fsp3) is 0.846. The number of amides is 1. The molecule has 7 heteroatoms. The van der Waals surface area contributed by atoms with Crippen LogP contribution in [-0.2, 0) is 4.74 Å². The minimum atomic E-state index is -1.16. The number of alkyl carbamates (subject to hydrolysis) is 1. The second kappa shape index (κ2) is 7.52. The predicted molar refractivity (Wildman–Crippen MR) is 81.8 cm³/mol. The summed E-state index contributed by atoms with van der Waals surface area (Å²) >= 11 is 0. The molecule has 0 aromatic rings. The highest BCUT2D eigenvalue weighted by molar-refractivity contribution is 6.76. The molecule has 0 aromatic heterocycles. The molecule has 0 saturated heterocycles. The minimum Gasteiger partial charge on any atom is -0.450 e. The molecular formula is C13H27N3O3Si. The summed E-state index contributed by atoms with van der Waals surface area (Å²) in [6, 6.07) is 1.12. The summed E-state index contributed by atoms with van der Waals surface area (Å²) in [5, 5.41) is 14.6. The van der Waals surface area contributed by atoms with Gasteiger partial charge in [0.25, 0.3) is 0 Å². The first-order chi connectivity index (χ1) is 9.31. The highest BCUT2D eigenvalue weighted by Gasteiger charge is 2.25. The number of nitrogens with zero attached hydrogens (tertiary/aromatic N) is 1. The fourth-order valence-corrected chi connectivity index (χ4v) is 2.99. The molecule has 0 bridgehead atoms. The summed E-state index contributed by atoms with van der Waals surface area (Å²) < 4.78 is 5.21. The van der Waals surface area contributed by atoms with Gasteiger partial charge in [-0.2, -0.15) is 0 Å². The van der Waals surface area contributed by atoms with Crippen LogP contribution < -0.4 is 11.1 Å². The highest BCUT2D eigenvalue weighted by atomic mass is 28.3. The van der Waals surface area contributed by atoms with Crippen molar-refractivity contribution in [2.75, 3.05) is 6.61 Å². The standard InChI is InChI=1S/C13H27N3O3Si/c1-20(2,3)9-8-19-13(17)15-11-6-4-10(5-7-11)12(14)16-18/h10-11,18H,4-9H2,1-3H3,(H2,14,16)(H,15,17). The van der Waals surface area contributed by atoms with Crippen LogP contribution in [0.5, 0.6) is 0 Å². The average molecular weight is 301 g/mol. The number of carbonyl (C=O) groups is 1.